The van der Waals surface area contributed by atoms with Crippen LogP contribution in [0.4, 0.5) is 4.39 Å². The Labute approximate surface area is 375 Å². The number of methoxy groups -OCH3 is 2. The summed E-state index contributed by atoms with van der Waals surface area (Å²) in [7, 11) is 3.38. The van der Waals surface area contributed by atoms with E-state index in [0.717, 1.165) is 103 Å². The molecule has 62 heavy (non-hydrogen) atoms. The molecule has 6 rings (SSSR count). The summed E-state index contributed by atoms with van der Waals surface area (Å²) in [6.45, 7) is 13.2. The maximum atomic E-state index is 13.8. The number of unbranched alkanes of at least 4 members (excludes halogenated alkanes) is 2. The molecule has 11 nitrogen and oxygen atoms in total. The number of hydrogen-bond acceptors (Lipinski definition) is 10. The molecule has 2 N–H and O–H groups in total. The van der Waals surface area contributed by atoms with Gasteiger partial charge in [0, 0.05) is 43.5 Å². The molecule has 2 fully saturated rings. The number of halogens is 1. The summed E-state index contributed by atoms with van der Waals surface area (Å²) in [6.07, 6.45) is 6.36. The predicted molar refractivity (Wildman–Crippen MR) is 247 cm³/mol. The third-order valence-corrected chi connectivity index (χ3v) is 13.2. The van der Waals surface area contributed by atoms with Crippen LogP contribution in [0.3, 0.4) is 0 Å². The second kappa shape index (κ2) is 23.1. The Morgan fingerprint density at radius 2 is 1.65 bits per heavy atom. The summed E-state index contributed by atoms with van der Waals surface area (Å²) in [5.74, 6) is 2.87. The molecule has 2 aliphatic rings. The number of ether oxygens (including phenoxy) is 3. The molecule has 2 atom stereocenters. The fourth-order valence-electron chi connectivity index (χ4n) is 7.15. The van der Waals surface area contributed by atoms with Gasteiger partial charge in [0.05, 0.1) is 36.9 Å². The van der Waals surface area contributed by atoms with Crippen molar-refractivity contribution in [3.05, 3.63) is 94.6 Å². The van der Waals surface area contributed by atoms with Gasteiger partial charge in [-0.25, -0.2) is 13.7 Å². The van der Waals surface area contributed by atoms with Crippen molar-refractivity contribution in [2.45, 2.75) is 117 Å². The highest BCUT2D eigenvalue weighted by Crippen LogP contribution is 2.40. The van der Waals surface area contributed by atoms with E-state index in [0.29, 0.717) is 13.2 Å². The van der Waals surface area contributed by atoms with E-state index in [9.17, 15) is 18.8 Å². The highest BCUT2D eigenvalue weighted by Gasteiger charge is 2.52. The second-order valence-electron chi connectivity index (χ2n) is 17.1. The number of hydrogen-bond donors (Lipinski definition) is 2. The summed E-state index contributed by atoms with van der Waals surface area (Å²) >= 11 is 3.51. The number of nitrogens with zero attached hydrogens (tertiary/aromatic N) is 3. The molecule has 1 aromatic heterocycles. The summed E-state index contributed by atoms with van der Waals surface area (Å²) in [5, 5.41) is 5.41. The Morgan fingerprint density at radius 1 is 1.00 bits per heavy atom. The van der Waals surface area contributed by atoms with E-state index >= 15 is 0 Å². The first kappa shape index (κ1) is 48.4. The van der Waals surface area contributed by atoms with Crippen LogP contribution in [-0.2, 0) is 34.0 Å². The van der Waals surface area contributed by atoms with Crippen molar-refractivity contribution in [2.24, 2.45) is 5.41 Å². The monoisotopic (exact) mass is 889 g/mol. The van der Waals surface area contributed by atoms with E-state index in [1.54, 1.807) is 25.6 Å². The number of thiazole rings is 1. The van der Waals surface area contributed by atoms with Crippen molar-refractivity contribution in [2.75, 3.05) is 33.1 Å². The third kappa shape index (κ3) is 14.2. The minimum Gasteiger partial charge on any atom is -0.497 e. The maximum absolute atomic E-state index is 13.8. The molecule has 14 heteroatoms. The first-order valence-electron chi connectivity index (χ1n) is 21.5. The topological polar surface area (TPSA) is 122 Å². The predicted octanol–water partition coefficient (Wildman–Crippen LogP) is 9.31. The van der Waals surface area contributed by atoms with Gasteiger partial charge >= 0.3 is 0 Å². The zero-order valence-electron chi connectivity index (χ0n) is 37.3. The van der Waals surface area contributed by atoms with Crippen LogP contribution < -0.4 is 24.8 Å². The number of aromatic nitrogens is 1. The summed E-state index contributed by atoms with van der Waals surface area (Å²) in [6, 6.07) is 22.3. The van der Waals surface area contributed by atoms with Gasteiger partial charge < -0.3 is 29.7 Å². The van der Waals surface area contributed by atoms with Gasteiger partial charge in [-0.1, -0.05) is 69.1 Å². The zero-order valence-corrected chi connectivity index (χ0v) is 39.0. The van der Waals surface area contributed by atoms with Gasteiger partial charge in [-0.3, -0.25) is 14.4 Å². The Hall–Kier alpha value is -4.66. The third-order valence-electron chi connectivity index (χ3n) is 11.1. The van der Waals surface area contributed by atoms with Gasteiger partial charge in [-0.05, 0) is 111 Å². The molecule has 2 unspecified atom stereocenters. The van der Waals surface area contributed by atoms with Gasteiger partial charge in [-0.15, -0.1) is 11.3 Å². The van der Waals surface area contributed by atoms with Crippen LogP contribution >= 0.6 is 23.3 Å². The highest BCUT2D eigenvalue weighted by atomic mass is 32.2. The molecule has 0 bridgehead atoms. The molecule has 1 aliphatic heterocycles. The summed E-state index contributed by atoms with van der Waals surface area (Å²) in [5.41, 5.74) is 5.26. The smallest absolute Gasteiger partial charge is 0.258 e. The maximum Gasteiger partial charge on any atom is 0.258 e. The molecular formula is C48H64FN5O6S2. The van der Waals surface area contributed by atoms with E-state index in [1.165, 1.54) is 11.1 Å². The lowest BCUT2D eigenvalue weighted by atomic mass is 9.85. The number of aryl methyl sites for hydroxylation is 1. The van der Waals surface area contributed by atoms with E-state index in [-0.39, 0.29) is 24.8 Å². The molecule has 1 aliphatic carbocycles. The lowest BCUT2D eigenvalue weighted by molar-refractivity contribution is -0.141. The molecule has 0 radical (unpaired) electrons. The van der Waals surface area contributed by atoms with Crippen LogP contribution in [0.25, 0.3) is 10.4 Å². The van der Waals surface area contributed by atoms with Gasteiger partial charge in [0.2, 0.25) is 12.3 Å². The normalized spacial score (nSPS) is 15.9. The van der Waals surface area contributed by atoms with Crippen LogP contribution in [0, 0.1) is 12.3 Å². The fourth-order valence-corrected chi connectivity index (χ4v) is 9.03. The lowest BCUT2D eigenvalue weighted by Gasteiger charge is -2.35. The van der Waals surface area contributed by atoms with Crippen molar-refractivity contribution < 1.29 is 33.0 Å². The molecule has 336 valence electrons. The molecule has 2 heterocycles. The Morgan fingerprint density at radius 3 is 2.16 bits per heavy atom. The first-order valence-corrected chi connectivity index (χ1v) is 23.3. The number of rotatable bonds is 21. The van der Waals surface area contributed by atoms with Gasteiger partial charge in [-0.2, -0.15) is 0 Å². The second-order valence-corrected chi connectivity index (χ2v) is 19.1. The number of likely N-dealkylation sites (tertiary alicyclic amines) is 1. The molecule has 1 saturated carbocycles. The Balaban J connectivity index is 0.000000302. The van der Waals surface area contributed by atoms with Crippen LogP contribution in [0.5, 0.6) is 17.2 Å². The summed E-state index contributed by atoms with van der Waals surface area (Å²) < 4.78 is 33.1. The number of benzene rings is 3. The standard InChI is InChI=1S/C33H39N3O4S2.C15H25FN2O2/c1-25-33(41-24-35-25)28-11-12-29(20-34-23-37)32(19-28)40-17-5-4-6-18-42-36(21-26-7-13-30(38-2)14-8-26)22-27-9-15-31(39-3)16-10-27;1-10-6-5-9-18(10)12(19)11(14(2,3)4)17-13(20)15(16)7-8-15/h7-16,19,23-24H,4-6,17-18,20-22H2,1-3H3,(H,34,37);10-11H,5-9H2,1-4H3,(H,17,20). The van der Waals surface area contributed by atoms with Crippen LogP contribution in [0.1, 0.15) is 95.0 Å². The molecular weight excluding hydrogens is 826 g/mol. The minimum atomic E-state index is -1.74. The highest BCUT2D eigenvalue weighted by molar-refractivity contribution is 7.96. The molecule has 1 saturated heterocycles. The van der Waals surface area contributed by atoms with Crippen molar-refractivity contribution >= 4 is 41.5 Å². The van der Waals surface area contributed by atoms with Crippen LogP contribution in [-0.4, -0.2) is 83.3 Å². The van der Waals surface area contributed by atoms with Crippen molar-refractivity contribution in [3.8, 4) is 27.7 Å². The van der Waals surface area contributed by atoms with E-state index in [4.69, 9.17) is 14.2 Å². The quantitative estimate of drug-likeness (QED) is 0.0479. The zero-order chi connectivity index (χ0) is 44.7. The first-order chi connectivity index (χ1) is 29.7. The number of amides is 3. The van der Waals surface area contributed by atoms with E-state index in [2.05, 4.69) is 56.3 Å². The van der Waals surface area contributed by atoms with Crippen molar-refractivity contribution in [1.29, 1.82) is 0 Å². The largest absolute Gasteiger partial charge is 0.497 e. The average Bonchev–Trinajstić information content (AvgIpc) is 3.63. The van der Waals surface area contributed by atoms with Crippen LogP contribution in [0.15, 0.2) is 72.2 Å². The Bertz CT molecular complexity index is 1990. The number of nitrogens with one attached hydrogen (secondary N) is 2. The number of alkyl halides is 1. The lowest BCUT2D eigenvalue weighted by Crippen LogP contribution is -2.57. The molecule has 3 amide bonds. The molecule has 3 aromatic carbocycles. The SMILES string of the molecule is CC1CCCN1C(=O)C(NC(=O)C1(F)CC1)C(C)(C)C.COc1ccc(CN(Cc2ccc(OC)cc2)SCCCCCOc2cc(-c3scnc3C)ccc2CNC=O)cc1. The van der Waals surface area contributed by atoms with Crippen molar-refractivity contribution in [3.63, 3.8) is 0 Å². The van der Waals surface area contributed by atoms with Gasteiger partial charge in [0.15, 0.2) is 5.67 Å². The minimum absolute atomic E-state index is 0.0832. The molecule has 4 aromatic rings. The molecule has 0 spiro atoms. The van der Waals surface area contributed by atoms with Crippen molar-refractivity contribution in [1.82, 2.24) is 24.8 Å². The van der Waals surface area contributed by atoms with Crippen LogP contribution in [0.2, 0.25) is 0 Å². The number of carbonyl (C=O) groups excluding carboxylic acids is 3. The fraction of sp³-hybridized carbons (Fsp3) is 0.500. The van der Waals surface area contributed by atoms with E-state index < -0.39 is 23.0 Å². The van der Waals surface area contributed by atoms with E-state index in [1.807, 2.05) is 87.3 Å². The average molecular weight is 890 g/mol. The van der Waals surface area contributed by atoms with Gasteiger partial charge in [0.1, 0.15) is 23.3 Å². The number of carbonyl (C=O) groups is 3. The Kier molecular flexibility index (Phi) is 18.1. The van der Waals surface area contributed by atoms with Gasteiger partial charge in [0.25, 0.3) is 5.91 Å². The summed E-state index contributed by atoms with van der Waals surface area (Å²) in [4.78, 5) is 42.8.